The van der Waals surface area contributed by atoms with Gasteiger partial charge in [-0.3, -0.25) is 0 Å². The van der Waals surface area contributed by atoms with Crippen molar-refractivity contribution in [3.8, 4) is 0 Å². The first kappa shape index (κ1) is 12.5. The summed E-state index contributed by atoms with van der Waals surface area (Å²) >= 11 is 0. The number of aromatic amines is 2. The van der Waals surface area contributed by atoms with E-state index in [1.54, 1.807) is 6.33 Å². The van der Waals surface area contributed by atoms with Gasteiger partial charge in [0.25, 0.3) is 0 Å². The molecule has 0 fully saturated rings. The van der Waals surface area contributed by atoms with E-state index in [-0.39, 0.29) is 5.95 Å². The Morgan fingerprint density at radius 2 is 2.09 bits per heavy atom. The van der Waals surface area contributed by atoms with Gasteiger partial charge >= 0.3 is 0 Å². The summed E-state index contributed by atoms with van der Waals surface area (Å²) in [5, 5.41) is 1.32. The number of rotatable bonds is 1. The van der Waals surface area contributed by atoms with Gasteiger partial charge in [-0.25, -0.2) is 4.98 Å². The average molecular weight is 305 g/mol. The van der Waals surface area contributed by atoms with Crippen LogP contribution in [0, 0.1) is 0 Å². The number of hydrogen-bond donors (Lipinski definition) is 3. The lowest BCUT2D eigenvalue weighted by Gasteiger charge is -2.28. The standard InChI is InChI=1S/C16H15N7/c17-16-21-14-13(18-8-19-14)15(22-16)23-6-5-10-9-3-1-2-4-11(9)20-12(10)7-23/h1-4,8,20H,5-7H2,(H3,17,18,19,21,22). The van der Waals surface area contributed by atoms with E-state index in [2.05, 4.69) is 54.1 Å². The number of aromatic nitrogens is 5. The van der Waals surface area contributed by atoms with Crippen LogP contribution in [0.5, 0.6) is 0 Å². The van der Waals surface area contributed by atoms with Crippen molar-refractivity contribution in [2.75, 3.05) is 17.2 Å². The molecule has 0 saturated heterocycles. The SMILES string of the molecule is Nc1nc(N2CCc3c([nH]c4ccccc34)C2)c2[nH]cnc2n1. The lowest BCUT2D eigenvalue weighted by molar-refractivity contribution is 0.716. The maximum Gasteiger partial charge on any atom is 0.224 e. The molecule has 3 aromatic heterocycles. The quantitative estimate of drug-likeness (QED) is 0.499. The van der Waals surface area contributed by atoms with Crippen LogP contribution in [0.25, 0.3) is 22.1 Å². The third-order valence-corrected chi connectivity index (χ3v) is 4.47. The van der Waals surface area contributed by atoms with Crippen LogP contribution in [0.2, 0.25) is 0 Å². The highest BCUT2D eigenvalue weighted by atomic mass is 15.2. The smallest absolute Gasteiger partial charge is 0.224 e. The normalized spacial score (nSPS) is 14.5. The highest BCUT2D eigenvalue weighted by Crippen LogP contribution is 2.31. The second-order valence-corrected chi connectivity index (χ2v) is 5.81. The zero-order chi connectivity index (χ0) is 15.4. The summed E-state index contributed by atoms with van der Waals surface area (Å²) in [5.41, 5.74) is 11.1. The second kappa shape index (κ2) is 4.45. The number of imidazole rings is 1. The van der Waals surface area contributed by atoms with Crippen molar-refractivity contribution < 1.29 is 0 Å². The highest BCUT2D eigenvalue weighted by Gasteiger charge is 2.23. The Kier molecular flexibility index (Phi) is 2.41. The largest absolute Gasteiger partial charge is 0.368 e. The minimum Gasteiger partial charge on any atom is -0.368 e. The van der Waals surface area contributed by atoms with Gasteiger partial charge in [-0.05, 0) is 18.1 Å². The van der Waals surface area contributed by atoms with Crippen molar-refractivity contribution in [1.29, 1.82) is 0 Å². The number of nitrogen functional groups attached to an aromatic ring is 1. The van der Waals surface area contributed by atoms with Gasteiger partial charge in [0, 0.05) is 23.1 Å². The van der Waals surface area contributed by atoms with Crippen LogP contribution in [0.1, 0.15) is 11.3 Å². The molecule has 7 heteroatoms. The van der Waals surface area contributed by atoms with Gasteiger partial charge in [0.2, 0.25) is 5.95 Å². The van der Waals surface area contributed by atoms with Gasteiger partial charge in [0.15, 0.2) is 11.5 Å². The topological polar surface area (TPSA) is 99.5 Å². The van der Waals surface area contributed by atoms with Crippen LogP contribution >= 0.6 is 0 Å². The summed E-state index contributed by atoms with van der Waals surface area (Å²) < 4.78 is 0. The number of nitrogens with two attached hydrogens (primary N) is 1. The van der Waals surface area contributed by atoms with E-state index >= 15 is 0 Å². The predicted molar refractivity (Wildman–Crippen MR) is 89.1 cm³/mol. The van der Waals surface area contributed by atoms with E-state index in [9.17, 15) is 0 Å². The fourth-order valence-electron chi connectivity index (χ4n) is 3.44. The van der Waals surface area contributed by atoms with Crippen LogP contribution in [0.3, 0.4) is 0 Å². The second-order valence-electron chi connectivity index (χ2n) is 5.81. The molecule has 1 aliphatic heterocycles. The number of H-pyrrole nitrogens is 2. The van der Waals surface area contributed by atoms with E-state index in [0.717, 1.165) is 30.8 Å². The molecule has 4 heterocycles. The molecule has 0 atom stereocenters. The average Bonchev–Trinajstić information content (AvgIpc) is 3.17. The first-order valence-electron chi connectivity index (χ1n) is 7.59. The molecule has 1 aromatic carbocycles. The molecule has 0 amide bonds. The minimum atomic E-state index is 0.252. The molecule has 23 heavy (non-hydrogen) atoms. The minimum absolute atomic E-state index is 0.252. The Hall–Kier alpha value is -3.09. The first-order valence-corrected chi connectivity index (χ1v) is 7.59. The predicted octanol–water partition coefficient (Wildman–Crippen LogP) is 1.98. The van der Waals surface area contributed by atoms with Crippen molar-refractivity contribution in [2.45, 2.75) is 13.0 Å². The molecule has 1 aliphatic rings. The van der Waals surface area contributed by atoms with Gasteiger partial charge in [0.05, 0.1) is 12.9 Å². The van der Waals surface area contributed by atoms with Gasteiger partial charge in [0.1, 0.15) is 5.52 Å². The molecular formula is C16H15N7. The van der Waals surface area contributed by atoms with E-state index in [4.69, 9.17) is 5.73 Å². The van der Waals surface area contributed by atoms with E-state index in [1.165, 1.54) is 22.2 Å². The Balaban J connectivity index is 1.62. The van der Waals surface area contributed by atoms with Crippen molar-refractivity contribution in [3.63, 3.8) is 0 Å². The fraction of sp³-hybridized carbons (Fsp3) is 0.188. The molecule has 4 N–H and O–H groups in total. The van der Waals surface area contributed by atoms with Gasteiger partial charge < -0.3 is 20.6 Å². The van der Waals surface area contributed by atoms with Gasteiger partial charge in [-0.15, -0.1) is 0 Å². The first-order chi connectivity index (χ1) is 11.3. The number of fused-ring (bicyclic) bond motifs is 4. The van der Waals surface area contributed by atoms with Crippen LogP contribution in [-0.4, -0.2) is 31.5 Å². The van der Waals surface area contributed by atoms with Crippen molar-refractivity contribution in [3.05, 3.63) is 41.9 Å². The molecule has 114 valence electrons. The molecule has 0 bridgehead atoms. The van der Waals surface area contributed by atoms with Gasteiger partial charge in [-0.2, -0.15) is 9.97 Å². The lowest BCUT2D eigenvalue weighted by atomic mass is 10.0. The number of benzene rings is 1. The lowest BCUT2D eigenvalue weighted by Crippen LogP contribution is -2.31. The molecule has 5 rings (SSSR count). The molecule has 7 nitrogen and oxygen atoms in total. The molecule has 0 saturated carbocycles. The molecule has 0 aliphatic carbocycles. The number of para-hydroxylation sites is 1. The zero-order valence-electron chi connectivity index (χ0n) is 12.4. The Morgan fingerprint density at radius 1 is 1.17 bits per heavy atom. The van der Waals surface area contributed by atoms with E-state index in [1.807, 2.05) is 0 Å². The summed E-state index contributed by atoms with van der Waals surface area (Å²) in [7, 11) is 0. The number of nitrogens with one attached hydrogen (secondary N) is 2. The third-order valence-electron chi connectivity index (χ3n) is 4.47. The zero-order valence-corrected chi connectivity index (χ0v) is 12.4. The Morgan fingerprint density at radius 3 is 3.04 bits per heavy atom. The van der Waals surface area contributed by atoms with Crippen molar-refractivity contribution in [2.24, 2.45) is 0 Å². The number of nitrogens with zero attached hydrogens (tertiary/aromatic N) is 4. The van der Waals surface area contributed by atoms with Gasteiger partial charge in [-0.1, -0.05) is 18.2 Å². The number of hydrogen-bond acceptors (Lipinski definition) is 5. The maximum atomic E-state index is 5.84. The summed E-state index contributed by atoms with van der Waals surface area (Å²) in [6, 6.07) is 8.44. The molecule has 0 unspecified atom stereocenters. The van der Waals surface area contributed by atoms with E-state index < -0.39 is 0 Å². The molecular weight excluding hydrogens is 290 g/mol. The van der Waals surface area contributed by atoms with Crippen molar-refractivity contribution in [1.82, 2.24) is 24.9 Å². The molecule has 4 aromatic rings. The maximum absolute atomic E-state index is 5.84. The molecule has 0 spiro atoms. The summed E-state index contributed by atoms with van der Waals surface area (Å²) in [6.45, 7) is 1.66. The Bertz CT molecular complexity index is 1030. The highest BCUT2D eigenvalue weighted by molar-refractivity contribution is 5.87. The molecule has 0 radical (unpaired) electrons. The monoisotopic (exact) mass is 305 g/mol. The third kappa shape index (κ3) is 1.79. The summed E-state index contributed by atoms with van der Waals surface area (Å²) in [4.78, 5) is 21.7. The van der Waals surface area contributed by atoms with Crippen LogP contribution in [0.4, 0.5) is 11.8 Å². The van der Waals surface area contributed by atoms with Crippen LogP contribution < -0.4 is 10.6 Å². The summed E-state index contributed by atoms with van der Waals surface area (Å²) in [5.74, 6) is 1.07. The van der Waals surface area contributed by atoms with Crippen LogP contribution in [0.15, 0.2) is 30.6 Å². The fourth-order valence-corrected chi connectivity index (χ4v) is 3.44. The van der Waals surface area contributed by atoms with Crippen LogP contribution in [-0.2, 0) is 13.0 Å². The number of anilines is 2. The van der Waals surface area contributed by atoms with E-state index in [0.29, 0.717) is 5.65 Å². The summed E-state index contributed by atoms with van der Waals surface area (Å²) in [6.07, 6.45) is 2.60. The van der Waals surface area contributed by atoms with Crippen molar-refractivity contribution >= 4 is 33.8 Å². The Labute approximate surface area is 131 Å².